The Bertz CT molecular complexity index is 283. The Morgan fingerprint density at radius 2 is 1.63 bits per heavy atom. The van der Waals surface area contributed by atoms with E-state index in [0.29, 0.717) is 5.41 Å². The van der Waals surface area contributed by atoms with Gasteiger partial charge >= 0.3 is 0 Å². The third-order valence-electron chi connectivity index (χ3n) is 6.09. The van der Waals surface area contributed by atoms with Crippen molar-refractivity contribution in [3.8, 4) is 0 Å². The zero-order chi connectivity index (χ0) is 13.1. The van der Waals surface area contributed by atoms with Crippen LogP contribution >= 0.6 is 15.9 Å². The van der Waals surface area contributed by atoms with Gasteiger partial charge in [-0.1, -0.05) is 48.0 Å². The Kier molecular flexibility index (Phi) is 4.90. The highest BCUT2D eigenvalue weighted by molar-refractivity contribution is 9.09. The molecule has 1 saturated heterocycles. The normalized spacial score (nSPS) is 35.8. The molecule has 0 radical (unpaired) electrons. The Hall–Kier alpha value is 0.440. The summed E-state index contributed by atoms with van der Waals surface area (Å²) in [5.74, 6) is 1.04. The highest BCUT2D eigenvalue weighted by atomic mass is 79.9. The maximum Gasteiger partial charge on any atom is 0.0124 e. The average Bonchev–Trinajstić information content (AvgIpc) is 2.49. The molecule has 0 aromatic carbocycles. The lowest BCUT2D eigenvalue weighted by Crippen LogP contribution is -2.51. The van der Waals surface area contributed by atoms with Gasteiger partial charge < -0.3 is 0 Å². The van der Waals surface area contributed by atoms with Gasteiger partial charge in [0.1, 0.15) is 0 Å². The summed E-state index contributed by atoms with van der Waals surface area (Å²) < 4.78 is 0. The first-order valence-corrected chi connectivity index (χ1v) is 9.75. The standard InChI is InChI=1S/C17H30BrN/c18-13-17(10-4-1-5-11-17)14-19-12-6-8-15-7-2-3-9-16(15)19/h15-16H,1-14H2/t15-,16-/m1/s1. The molecule has 3 fully saturated rings. The summed E-state index contributed by atoms with van der Waals surface area (Å²) >= 11 is 3.86. The first-order valence-electron chi connectivity index (χ1n) is 8.63. The first kappa shape index (κ1) is 14.4. The van der Waals surface area contributed by atoms with Crippen LogP contribution in [-0.4, -0.2) is 29.4 Å². The molecule has 2 saturated carbocycles. The van der Waals surface area contributed by atoms with Crippen LogP contribution in [0.25, 0.3) is 0 Å². The van der Waals surface area contributed by atoms with Crippen LogP contribution in [0.5, 0.6) is 0 Å². The molecule has 110 valence electrons. The second-order valence-electron chi connectivity index (χ2n) is 7.42. The summed E-state index contributed by atoms with van der Waals surface area (Å²) in [7, 11) is 0. The maximum absolute atomic E-state index is 3.86. The second kappa shape index (κ2) is 6.47. The van der Waals surface area contributed by atoms with Gasteiger partial charge in [0.2, 0.25) is 0 Å². The number of rotatable bonds is 3. The molecular formula is C17H30BrN. The SMILES string of the molecule is BrCC1(CN2CCC[C@H]3CCCC[C@H]32)CCCCC1. The molecule has 0 amide bonds. The van der Waals surface area contributed by atoms with Crippen LogP contribution in [-0.2, 0) is 0 Å². The van der Waals surface area contributed by atoms with E-state index >= 15 is 0 Å². The first-order chi connectivity index (χ1) is 9.33. The molecule has 0 aromatic rings. The minimum atomic E-state index is 0.609. The molecule has 1 aliphatic heterocycles. The third kappa shape index (κ3) is 3.20. The third-order valence-corrected chi connectivity index (χ3v) is 7.28. The quantitative estimate of drug-likeness (QED) is 0.660. The van der Waals surface area contributed by atoms with Gasteiger partial charge in [0.15, 0.2) is 0 Å². The fourth-order valence-electron chi connectivity index (χ4n) is 4.99. The van der Waals surface area contributed by atoms with Crippen LogP contribution in [0.1, 0.15) is 70.6 Å². The number of likely N-dealkylation sites (tertiary alicyclic amines) is 1. The molecule has 3 aliphatic rings. The number of fused-ring (bicyclic) bond motifs is 1. The van der Waals surface area contributed by atoms with Crippen LogP contribution in [0.2, 0.25) is 0 Å². The van der Waals surface area contributed by atoms with Gasteiger partial charge in [-0.25, -0.2) is 0 Å². The number of piperidine rings is 1. The minimum Gasteiger partial charge on any atom is -0.300 e. The highest BCUT2D eigenvalue weighted by Crippen LogP contribution is 2.42. The number of halogens is 1. The van der Waals surface area contributed by atoms with Gasteiger partial charge in [-0.15, -0.1) is 0 Å². The summed E-state index contributed by atoms with van der Waals surface area (Å²) in [5.41, 5.74) is 0.609. The average molecular weight is 328 g/mol. The van der Waals surface area contributed by atoms with Crippen LogP contribution in [0.3, 0.4) is 0 Å². The van der Waals surface area contributed by atoms with E-state index in [9.17, 15) is 0 Å². The topological polar surface area (TPSA) is 3.24 Å². The maximum atomic E-state index is 3.86. The molecule has 0 N–H and O–H groups in total. The van der Waals surface area contributed by atoms with Crippen molar-refractivity contribution in [1.29, 1.82) is 0 Å². The van der Waals surface area contributed by atoms with Crippen molar-refractivity contribution in [1.82, 2.24) is 4.90 Å². The fourth-order valence-corrected chi connectivity index (χ4v) is 5.73. The van der Waals surface area contributed by atoms with E-state index in [4.69, 9.17) is 0 Å². The number of alkyl halides is 1. The van der Waals surface area contributed by atoms with Gasteiger partial charge in [0.05, 0.1) is 0 Å². The molecule has 2 heteroatoms. The molecule has 19 heavy (non-hydrogen) atoms. The molecule has 0 spiro atoms. The Morgan fingerprint density at radius 3 is 2.42 bits per heavy atom. The summed E-state index contributed by atoms with van der Waals surface area (Å²) in [6, 6.07) is 0.945. The molecule has 2 aliphatic carbocycles. The number of hydrogen-bond acceptors (Lipinski definition) is 1. The van der Waals surface area contributed by atoms with E-state index in [1.807, 2.05) is 0 Å². The lowest BCUT2D eigenvalue weighted by Gasteiger charge is -2.49. The fraction of sp³-hybridized carbons (Fsp3) is 1.00. The molecule has 0 unspecified atom stereocenters. The predicted molar refractivity (Wildman–Crippen MR) is 85.9 cm³/mol. The lowest BCUT2D eigenvalue weighted by atomic mass is 9.73. The number of hydrogen-bond donors (Lipinski definition) is 0. The van der Waals surface area contributed by atoms with Crippen LogP contribution in [0, 0.1) is 11.3 Å². The summed E-state index contributed by atoms with van der Waals surface area (Å²) in [4.78, 5) is 2.92. The summed E-state index contributed by atoms with van der Waals surface area (Å²) in [6.45, 7) is 2.77. The van der Waals surface area contributed by atoms with E-state index in [1.165, 1.54) is 89.0 Å². The molecule has 0 aromatic heterocycles. The molecule has 1 heterocycles. The molecule has 1 nitrogen and oxygen atoms in total. The molecule has 3 rings (SSSR count). The zero-order valence-electron chi connectivity index (χ0n) is 12.4. The highest BCUT2D eigenvalue weighted by Gasteiger charge is 2.39. The van der Waals surface area contributed by atoms with Crippen LogP contribution < -0.4 is 0 Å². The monoisotopic (exact) mass is 327 g/mol. The minimum absolute atomic E-state index is 0.609. The van der Waals surface area contributed by atoms with Gasteiger partial charge in [-0.3, -0.25) is 4.90 Å². The second-order valence-corrected chi connectivity index (χ2v) is 7.98. The van der Waals surface area contributed by atoms with Crippen molar-refractivity contribution < 1.29 is 0 Å². The van der Waals surface area contributed by atoms with Crippen molar-refractivity contribution in [3.63, 3.8) is 0 Å². The van der Waals surface area contributed by atoms with Crippen molar-refractivity contribution in [2.75, 3.05) is 18.4 Å². The van der Waals surface area contributed by atoms with Gasteiger partial charge in [0, 0.05) is 17.9 Å². The van der Waals surface area contributed by atoms with Gasteiger partial charge in [-0.2, -0.15) is 0 Å². The molecule has 0 bridgehead atoms. The Balaban J connectivity index is 1.66. The molecular weight excluding hydrogens is 298 g/mol. The van der Waals surface area contributed by atoms with Gasteiger partial charge in [-0.05, 0) is 56.4 Å². The van der Waals surface area contributed by atoms with Crippen molar-refractivity contribution in [2.45, 2.75) is 76.7 Å². The van der Waals surface area contributed by atoms with E-state index in [-0.39, 0.29) is 0 Å². The van der Waals surface area contributed by atoms with Crippen molar-refractivity contribution in [3.05, 3.63) is 0 Å². The summed E-state index contributed by atoms with van der Waals surface area (Å²) in [5, 5.41) is 1.23. The zero-order valence-corrected chi connectivity index (χ0v) is 14.0. The lowest BCUT2D eigenvalue weighted by molar-refractivity contribution is 0.0188. The van der Waals surface area contributed by atoms with Crippen molar-refractivity contribution >= 4 is 15.9 Å². The summed E-state index contributed by atoms with van der Waals surface area (Å²) in [6.07, 6.45) is 16.3. The van der Waals surface area contributed by atoms with Crippen LogP contribution in [0.15, 0.2) is 0 Å². The van der Waals surface area contributed by atoms with E-state index < -0.39 is 0 Å². The number of nitrogens with zero attached hydrogens (tertiary/aromatic N) is 1. The Labute approximate surface area is 127 Å². The predicted octanol–water partition coefficient (Wildman–Crippen LogP) is 4.99. The van der Waals surface area contributed by atoms with Gasteiger partial charge in [0.25, 0.3) is 0 Å². The van der Waals surface area contributed by atoms with E-state index in [2.05, 4.69) is 20.8 Å². The van der Waals surface area contributed by atoms with Crippen molar-refractivity contribution in [2.24, 2.45) is 11.3 Å². The largest absolute Gasteiger partial charge is 0.300 e. The van der Waals surface area contributed by atoms with Crippen LogP contribution in [0.4, 0.5) is 0 Å². The Morgan fingerprint density at radius 1 is 0.895 bits per heavy atom. The van der Waals surface area contributed by atoms with E-state index in [0.717, 1.165) is 12.0 Å². The molecule has 2 atom stereocenters. The smallest absolute Gasteiger partial charge is 0.0124 e. The van der Waals surface area contributed by atoms with E-state index in [1.54, 1.807) is 0 Å².